The molecule has 2 aromatic rings. The van der Waals surface area contributed by atoms with E-state index in [1.807, 2.05) is 0 Å². The highest BCUT2D eigenvalue weighted by molar-refractivity contribution is 6.19. The van der Waals surface area contributed by atoms with Crippen molar-refractivity contribution >= 4 is 17.8 Å². The first kappa shape index (κ1) is 17.5. The second-order valence-corrected chi connectivity index (χ2v) is 6.19. The smallest absolute Gasteiger partial charge is 0.332 e. The number of carbonyl (C=O) groups is 3. The number of benzene rings is 1. The van der Waals surface area contributed by atoms with E-state index in [2.05, 4.69) is 0 Å². The van der Waals surface area contributed by atoms with Crippen LogP contribution in [0, 0.1) is 0 Å². The fourth-order valence-corrected chi connectivity index (χ4v) is 3.19. The molecular formula is C17H18N4O5. The summed E-state index contributed by atoms with van der Waals surface area (Å²) in [7, 11) is 5.59. The average Bonchev–Trinajstić information content (AvgIpc) is 2.84. The molecule has 9 nitrogen and oxygen atoms in total. The van der Waals surface area contributed by atoms with Gasteiger partial charge < -0.3 is 5.11 Å². The number of amides is 4. The summed E-state index contributed by atoms with van der Waals surface area (Å²) in [6.07, 6.45) is 0. The molecule has 1 fully saturated rings. The van der Waals surface area contributed by atoms with E-state index >= 15 is 0 Å². The van der Waals surface area contributed by atoms with Gasteiger partial charge in [0.15, 0.2) is 5.92 Å². The molecule has 0 bridgehead atoms. The number of carbonyl (C=O) groups excluding carboxylic acids is 3. The molecule has 4 amide bonds. The minimum absolute atomic E-state index is 0.0473. The molecular weight excluding hydrogens is 340 g/mol. The summed E-state index contributed by atoms with van der Waals surface area (Å²) in [4.78, 5) is 51.6. The topological polar surface area (TPSA) is 105 Å². The van der Waals surface area contributed by atoms with Crippen molar-refractivity contribution in [1.82, 2.24) is 18.9 Å². The predicted octanol–water partition coefficient (Wildman–Crippen LogP) is 0.230. The molecule has 0 atom stereocenters. The average molecular weight is 358 g/mol. The highest BCUT2D eigenvalue weighted by Crippen LogP contribution is 2.33. The Balaban J connectivity index is 2.28. The minimum atomic E-state index is -1.31. The van der Waals surface area contributed by atoms with Crippen molar-refractivity contribution in [3.8, 4) is 17.0 Å². The van der Waals surface area contributed by atoms with E-state index in [4.69, 9.17) is 0 Å². The molecule has 0 aliphatic carbocycles. The number of phenolic OH excluding ortho intramolecular Hbond substituents is 1. The number of phenols is 1. The zero-order valence-electron chi connectivity index (χ0n) is 14.8. The summed E-state index contributed by atoms with van der Waals surface area (Å²) in [6, 6.07) is 5.35. The number of nitrogens with zero attached hydrogens (tertiary/aromatic N) is 4. The highest BCUT2D eigenvalue weighted by atomic mass is 16.3. The van der Waals surface area contributed by atoms with Gasteiger partial charge in [0.25, 0.3) is 0 Å². The molecule has 3 rings (SSSR count). The maximum Gasteiger partial charge on any atom is 0.332 e. The molecule has 1 saturated heterocycles. The lowest BCUT2D eigenvalue weighted by Crippen LogP contribution is -2.56. The van der Waals surface area contributed by atoms with Gasteiger partial charge in [0.1, 0.15) is 5.75 Å². The van der Waals surface area contributed by atoms with Crippen LogP contribution in [0.25, 0.3) is 11.3 Å². The summed E-state index contributed by atoms with van der Waals surface area (Å²) >= 11 is 0. The fraction of sp³-hybridized carbons (Fsp3) is 0.294. The van der Waals surface area contributed by atoms with Crippen LogP contribution in [0.15, 0.2) is 29.1 Å². The summed E-state index contributed by atoms with van der Waals surface area (Å²) < 4.78 is 2.57. The van der Waals surface area contributed by atoms with Gasteiger partial charge in [-0.25, -0.2) is 9.59 Å². The first-order valence-electron chi connectivity index (χ1n) is 7.81. The number of rotatable bonds is 2. The van der Waals surface area contributed by atoms with E-state index in [-0.39, 0.29) is 11.4 Å². The lowest BCUT2D eigenvalue weighted by atomic mass is 9.95. The van der Waals surface area contributed by atoms with Crippen molar-refractivity contribution in [1.29, 1.82) is 0 Å². The van der Waals surface area contributed by atoms with Gasteiger partial charge in [-0.05, 0) is 24.3 Å². The molecule has 1 aromatic carbocycles. The largest absolute Gasteiger partial charge is 0.508 e. The number of aromatic hydroxyl groups is 1. The van der Waals surface area contributed by atoms with Crippen molar-refractivity contribution in [2.24, 2.45) is 14.1 Å². The zero-order chi connectivity index (χ0) is 19.3. The first-order valence-corrected chi connectivity index (χ1v) is 7.81. The van der Waals surface area contributed by atoms with E-state index in [0.29, 0.717) is 11.3 Å². The number of urea groups is 1. The number of hydrogen-bond donors (Lipinski definition) is 1. The minimum Gasteiger partial charge on any atom is -0.508 e. The zero-order valence-corrected chi connectivity index (χ0v) is 14.8. The van der Waals surface area contributed by atoms with Crippen molar-refractivity contribution in [3.63, 3.8) is 0 Å². The van der Waals surface area contributed by atoms with Crippen LogP contribution in [0.4, 0.5) is 4.79 Å². The van der Waals surface area contributed by atoms with Crippen molar-refractivity contribution in [3.05, 3.63) is 40.4 Å². The third kappa shape index (κ3) is 2.32. The van der Waals surface area contributed by atoms with Gasteiger partial charge >= 0.3 is 11.7 Å². The SMILES string of the molecule is CN1C(=O)C(c2c(-c3ccc(O)cc3)n(C)c(=O)n2C)C(=O)N(C)C1=O. The summed E-state index contributed by atoms with van der Waals surface area (Å²) in [6.45, 7) is 0. The van der Waals surface area contributed by atoms with Crippen LogP contribution in [0.5, 0.6) is 5.75 Å². The number of imide groups is 2. The van der Waals surface area contributed by atoms with Gasteiger partial charge in [-0.2, -0.15) is 0 Å². The van der Waals surface area contributed by atoms with Crippen LogP contribution in [0.3, 0.4) is 0 Å². The van der Waals surface area contributed by atoms with Crippen LogP contribution in [0.2, 0.25) is 0 Å². The molecule has 0 spiro atoms. The summed E-state index contributed by atoms with van der Waals surface area (Å²) in [5.74, 6) is -2.66. The van der Waals surface area contributed by atoms with Crippen LogP contribution in [0.1, 0.15) is 11.6 Å². The normalized spacial score (nSPS) is 15.9. The van der Waals surface area contributed by atoms with Crippen LogP contribution in [-0.4, -0.2) is 56.0 Å². The van der Waals surface area contributed by atoms with Crippen LogP contribution in [-0.2, 0) is 23.7 Å². The molecule has 1 N–H and O–H groups in total. The van der Waals surface area contributed by atoms with E-state index in [9.17, 15) is 24.3 Å². The molecule has 1 aliphatic rings. The van der Waals surface area contributed by atoms with Crippen LogP contribution < -0.4 is 5.69 Å². The summed E-state index contributed by atoms with van der Waals surface area (Å²) in [5, 5.41) is 9.50. The number of hydrogen-bond acceptors (Lipinski definition) is 5. The quantitative estimate of drug-likeness (QED) is 0.774. The Kier molecular flexibility index (Phi) is 3.94. The molecule has 1 aliphatic heterocycles. The molecule has 2 heterocycles. The molecule has 26 heavy (non-hydrogen) atoms. The number of barbiturate groups is 1. The number of imidazole rings is 1. The van der Waals surface area contributed by atoms with Gasteiger partial charge in [0, 0.05) is 33.8 Å². The lowest BCUT2D eigenvalue weighted by Gasteiger charge is -2.33. The standard InChI is InChI=1S/C17H18N4O5/c1-18-12(9-5-7-10(22)8-6-9)13(19(2)16(18)25)11-14(23)20(3)17(26)21(4)15(11)24/h5-8,11,22H,1-4H3. The number of likely N-dealkylation sites (N-methyl/N-ethyl adjacent to an activating group) is 2. The Bertz CT molecular complexity index is 962. The van der Waals surface area contributed by atoms with Gasteiger partial charge in [0.05, 0.1) is 11.4 Å². The maximum atomic E-state index is 12.7. The van der Waals surface area contributed by atoms with Crippen molar-refractivity contribution < 1.29 is 19.5 Å². The molecule has 9 heteroatoms. The molecule has 136 valence electrons. The first-order chi connectivity index (χ1) is 12.2. The lowest BCUT2D eigenvalue weighted by molar-refractivity contribution is -0.143. The fourth-order valence-electron chi connectivity index (χ4n) is 3.19. The Morgan fingerprint density at radius 3 is 1.81 bits per heavy atom. The second-order valence-electron chi connectivity index (χ2n) is 6.19. The Hall–Kier alpha value is -3.36. The van der Waals surface area contributed by atoms with Crippen molar-refractivity contribution in [2.45, 2.75) is 5.92 Å². The Morgan fingerprint density at radius 1 is 0.808 bits per heavy atom. The van der Waals surface area contributed by atoms with Gasteiger partial charge in [0.2, 0.25) is 11.8 Å². The molecule has 0 unspecified atom stereocenters. The third-order valence-electron chi connectivity index (χ3n) is 4.66. The van der Waals surface area contributed by atoms with Gasteiger partial charge in [-0.3, -0.25) is 28.5 Å². The number of aromatic nitrogens is 2. The Labute approximate surface area is 148 Å². The molecule has 1 aromatic heterocycles. The Morgan fingerprint density at radius 2 is 1.31 bits per heavy atom. The van der Waals surface area contributed by atoms with Gasteiger partial charge in [-0.15, -0.1) is 0 Å². The molecule has 0 radical (unpaired) electrons. The second kappa shape index (κ2) is 5.87. The van der Waals surface area contributed by atoms with Crippen LogP contribution >= 0.6 is 0 Å². The van der Waals surface area contributed by atoms with Gasteiger partial charge in [-0.1, -0.05) is 0 Å². The van der Waals surface area contributed by atoms with E-state index in [1.165, 1.54) is 49.5 Å². The molecule has 0 saturated carbocycles. The maximum absolute atomic E-state index is 12.7. The van der Waals surface area contributed by atoms with E-state index in [1.54, 1.807) is 12.1 Å². The third-order valence-corrected chi connectivity index (χ3v) is 4.66. The van der Waals surface area contributed by atoms with E-state index in [0.717, 1.165) is 9.80 Å². The monoisotopic (exact) mass is 358 g/mol. The predicted molar refractivity (Wildman–Crippen MR) is 91.4 cm³/mol. The van der Waals surface area contributed by atoms with Crippen molar-refractivity contribution in [2.75, 3.05) is 14.1 Å². The summed E-state index contributed by atoms with van der Waals surface area (Å²) in [5.41, 5.74) is 0.719. The van der Waals surface area contributed by atoms with E-state index < -0.39 is 29.5 Å². The highest BCUT2D eigenvalue weighted by Gasteiger charge is 2.46.